The van der Waals surface area contributed by atoms with Crippen LogP contribution in [-0.4, -0.2) is 37.2 Å². The smallest absolute Gasteiger partial charge is 0.369 e. The van der Waals surface area contributed by atoms with Gasteiger partial charge in [0.15, 0.2) is 5.69 Å². The number of nitrogens with one attached hydrogen (secondary N) is 2. The number of anilines is 2. The molecule has 0 spiro atoms. The van der Waals surface area contributed by atoms with Crippen LogP contribution in [0.2, 0.25) is 0 Å². The number of alkyl halides is 3. The van der Waals surface area contributed by atoms with Gasteiger partial charge in [0.2, 0.25) is 16.0 Å². The van der Waals surface area contributed by atoms with E-state index < -0.39 is 27.6 Å². The van der Waals surface area contributed by atoms with Crippen molar-refractivity contribution < 1.29 is 21.6 Å². The summed E-state index contributed by atoms with van der Waals surface area (Å²) in [7, 11) is -3.70. The van der Waals surface area contributed by atoms with E-state index >= 15 is 0 Å². The minimum atomic E-state index is -4.62. The van der Waals surface area contributed by atoms with Crippen molar-refractivity contribution in [3.05, 3.63) is 11.8 Å². The molecule has 120 valence electrons. The topological polar surface area (TPSA) is 110 Å². The number of hydrogen-bond donors (Lipinski definition) is 3. The minimum absolute atomic E-state index is 0.125. The maximum atomic E-state index is 12.7. The molecule has 11 heteroatoms. The number of halogens is 3. The Morgan fingerprint density at radius 2 is 1.90 bits per heavy atom. The van der Waals surface area contributed by atoms with E-state index in [9.17, 15) is 21.6 Å². The molecule has 0 aliphatic rings. The molecule has 21 heavy (non-hydrogen) atoms. The van der Waals surface area contributed by atoms with Gasteiger partial charge in [0.25, 0.3) is 0 Å². The Morgan fingerprint density at radius 1 is 1.24 bits per heavy atom. The predicted molar refractivity (Wildman–Crippen MR) is 72.3 cm³/mol. The number of nitrogens with two attached hydrogens (primary N) is 1. The zero-order chi connectivity index (χ0) is 16.1. The molecule has 0 unspecified atom stereocenters. The standard InChI is InChI=1S/C10H16F3N5O2S/c1-2-3-16-9-17-7(10(11,12)13)6-8(18-9)15-4-5-21(14,19)20/h6H,2-5H2,1H3,(H2,14,19,20)(H2,15,16,17,18). The van der Waals surface area contributed by atoms with Crippen LogP contribution >= 0.6 is 0 Å². The molecule has 1 heterocycles. The van der Waals surface area contributed by atoms with Crippen molar-refractivity contribution in [3.8, 4) is 0 Å². The average molecular weight is 327 g/mol. The molecule has 4 N–H and O–H groups in total. The number of nitrogens with zero attached hydrogens (tertiary/aromatic N) is 2. The van der Waals surface area contributed by atoms with E-state index in [1.165, 1.54) is 0 Å². The highest BCUT2D eigenvalue weighted by Gasteiger charge is 2.33. The molecule has 0 saturated carbocycles. The molecule has 1 aromatic heterocycles. The van der Waals surface area contributed by atoms with Gasteiger partial charge in [-0.15, -0.1) is 0 Å². The van der Waals surface area contributed by atoms with Crippen molar-refractivity contribution in [2.24, 2.45) is 5.14 Å². The number of primary sulfonamides is 1. The molecule has 0 bridgehead atoms. The molecule has 0 radical (unpaired) electrons. The maximum Gasteiger partial charge on any atom is 0.433 e. The first-order chi connectivity index (χ1) is 9.62. The van der Waals surface area contributed by atoms with Gasteiger partial charge in [-0.1, -0.05) is 6.92 Å². The third kappa shape index (κ3) is 6.58. The summed E-state index contributed by atoms with van der Waals surface area (Å²) in [5, 5.41) is 9.93. The number of hydrogen-bond acceptors (Lipinski definition) is 6. The SMILES string of the molecule is CCCNc1nc(NCCS(N)(=O)=O)cc(C(F)(F)F)n1. The molecule has 0 amide bonds. The molecule has 0 atom stereocenters. The monoisotopic (exact) mass is 327 g/mol. The summed E-state index contributed by atoms with van der Waals surface area (Å²) >= 11 is 0. The zero-order valence-electron chi connectivity index (χ0n) is 11.2. The van der Waals surface area contributed by atoms with E-state index in [-0.39, 0.29) is 18.3 Å². The Morgan fingerprint density at radius 3 is 2.43 bits per heavy atom. The Bertz CT molecular complexity index is 577. The largest absolute Gasteiger partial charge is 0.433 e. The molecule has 0 aliphatic heterocycles. The molecular weight excluding hydrogens is 311 g/mol. The fourth-order valence-corrected chi connectivity index (χ4v) is 1.71. The van der Waals surface area contributed by atoms with E-state index in [0.29, 0.717) is 19.0 Å². The summed E-state index contributed by atoms with van der Waals surface area (Å²) in [6, 6.07) is 0.709. The molecule has 0 saturated heterocycles. The van der Waals surface area contributed by atoms with Crippen molar-refractivity contribution >= 4 is 21.8 Å². The van der Waals surface area contributed by atoms with Gasteiger partial charge in [-0.25, -0.2) is 18.5 Å². The van der Waals surface area contributed by atoms with Crippen molar-refractivity contribution in [1.82, 2.24) is 9.97 Å². The molecule has 7 nitrogen and oxygen atoms in total. The van der Waals surface area contributed by atoms with Crippen LogP contribution in [0.4, 0.5) is 24.9 Å². The Kier molecular flexibility index (Phi) is 5.72. The fraction of sp³-hybridized carbons (Fsp3) is 0.600. The highest BCUT2D eigenvalue weighted by atomic mass is 32.2. The summed E-state index contributed by atoms with van der Waals surface area (Å²) < 4.78 is 59.7. The number of rotatable bonds is 7. The second kappa shape index (κ2) is 6.89. The van der Waals surface area contributed by atoms with E-state index in [4.69, 9.17) is 5.14 Å². The third-order valence-corrected chi connectivity index (χ3v) is 3.02. The Labute approximate surface area is 120 Å². The van der Waals surface area contributed by atoms with Gasteiger partial charge >= 0.3 is 6.18 Å². The third-order valence-electron chi connectivity index (χ3n) is 2.24. The van der Waals surface area contributed by atoms with Crippen molar-refractivity contribution in [3.63, 3.8) is 0 Å². The van der Waals surface area contributed by atoms with Crippen LogP contribution in [0, 0.1) is 0 Å². The van der Waals surface area contributed by atoms with Crippen molar-refractivity contribution in [1.29, 1.82) is 0 Å². The van der Waals surface area contributed by atoms with Gasteiger partial charge in [0.1, 0.15) is 5.82 Å². The first-order valence-electron chi connectivity index (χ1n) is 6.06. The highest BCUT2D eigenvalue weighted by molar-refractivity contribution is 7.89. The van der Waals surface area contributed by atoms with Gasteiger partial charge in [-0.2, -0.15) is 18.2 Å². The maximum absolute atomic E-state index is 12.7. The van der Waals surface area contributed by atoms with Crippen LogP contribution in [0.3, 0.4) is 0 Å². The molecule has 0 fully saturated rings. The van der Waals surface area contributed by atoms with Crippen LogP contribution in [-0.2, 0) is 16.2 Å². The van der Waals surface area contributed by atoms with Gasteiger partial charge in [-0.05, 0) is 6.42 Å². The lowest BCUT2D eigenvalue weighted by Gasteiger charge is -2.12. The molecular formula is C10H16F3N5O2S. The lowest BCUT2D eigenvalue weighted by atomic mass is 10.3. The minimum Gasteiger partial charge on any atom is -0.369 e. The predicted octanol–water partition coefficient (Wildman–Crippen LogP) is 1.02. The molecule has 1 rings (SSSR count). The highest BCUT2D eigenvalue weighted by Crippen LogP contribution is 2.29. The van der Waals surface area contributed by atoms with E-state index in [1.807, 2.05) is 6.92 Å². The van der Waals surface area contributed by atoms with Crippen LogP contribution in [0.15, 0.2) is 6.07 Å². The number of aromatic nitrogens is 2. The van der Waals surface area contributed by atoms with Gasteiger partial charge in [-0.3, -0.25) is 0 Å². The first-order valence-corrected chi connectivity index (χ1v) is 7.78. The average Bonchev–Trinajstić information content (AvgIpc) is 2.33. The van der Waals surface area contributed by atoms with Gasteiger partial charge in [0, 0.05) is 19.2 Å². The molecule has 1 aromatic rings. The molecule has 0 aliphatic carbocycles. The van der Waals surface area contributed by atoms with Crippen LogP contribution < -0.4 is 15.8 Å². The van der Waals surface area contributed by atoms with Gasteiger partial charge in [0.05, 0.1) is 5.75 Å². The van der Waals surface area contributed by atoms with Crippen LogP contribution in [0.5, 0.6) is 0 Å². The Hall–Kier alpha value is -1.62. The normalized spacial score (nSPS) is 12.2. The molecule has 0 aromatic carbocycles. The number of sulfonamides is 1. The Balaban J connectivity index is 2.91. The van der Waals surface area contributed by atoms with E-state index in [2.05, 4.69) is 20.6 Å². The second-order valence-electron chi connectivity index (χ2n) is 4.18. The summed E-state index contributed by atoms with van der Waals surface area (Å²) in [5.74, 6) is -0.722. The lowest BCUT2D eigenvalue weighted by molar-refractivity contribution is -0.141. The summed E-state index contributed by atoms with van der Waals surface area (Å²) in [6.07, 6.45) is -3.93. The van der Waals surface area contributed by atoms with E-state index in [0.717, 1.165) is 0 Å². The van der Waals surface area contributed by atoms with E-state index in [1.54, 1.807) is 0 Å². The first kappa shape index (κ1) is 17.4. The zero-order valence-corrected chi connectivity index (χ0v) is 12.1. The van der Waals surface area contributed by atoms with Gasteiger partial charge < -0.3 is 10.6 Å². The summed E-state index contributed by atoms with van der Waals surface area (Å²) in [5.41, 5.74) is -1.12. The second-order valence-corrected chi connectivity index (χ2v) is 5.91. The quantitative estimate of drug-likeness (QED) is 0.689. The van der Waals surface area contributed by atoms with Crippen molar-refractivity contribution in [2.75, 3.05) is 29.5 Å². The summed E-state index contributed by atoms with van der Waals surface area (Å²) in [6.45, 7) is 2.10. The fourth-order valence-electron chi connectivity index (χ4n) is 1.32. The summed E-state index contributed by atoms with van der Waals surface area (Å²) in [4.78, 5) is 7.20. The van der Waals surface area contributed by atoms with Crippen LogP contribution in [0.1, 0.15) is 19.0 Å². The van der Waals surface area contributed by atoms with Crippen LogP contribution in [0.25, 0.3) is 0 Å². The lowest BCUT2D eigenvalue weighted by Crippen LogP contribution is -2.23. The van der Waals surface area contributed by atoms with Crippen molar-refractivity contribution in [2.45, 2.75) is 19.5 Å².